The number of hydrogen-bond donors (Lipinski definition) is 0. The third-order valence-corrected chi connectivity index (χ3v) is 4.50. The molecule has 1 aromatic carbocycles. The van der Waals surface area contributed by atoms with Crippen LogP contribution in [0.1, 0.15) is 25.7 Å². The molecule has 0 saturated carbocycles. The third kappa shape index (κ3) is 3.31. The summed E-state index contributed by atoms with van der Waals surface area (Å²) >= 11 is 0. The Balaban J connectivity index is 1.82. The molecule has 0 aromatic heterocycles. The molecule has 0 N–H and O–H groups in total. The lowest BCUT2D eigenvalue weighted by Gasteiger charge is -2.16. The van der Waals surface area contributed by atoms with Crippen LogP contribution in [-0.2, 0) is 10.8 Å². The van der Waals surface area contributed by atoms with E-state index in [1.54, 1.807) is 0 Å². The van der Waals surface area contributed by atoms with Crippen molar-refractivity contribution < 1.29 is 4.21 Å². The summed E-state index contributed by atoms with van der Waals surface area (Å²) in [5, 5.41) is 0. The molecule has 0 amide bonds. The predicted molar refractivity (Wildman–Crippen MR) is 68.8 cm³/mol. The predicted octanol–water partition coefficient (Wildman–Crippen LogP) is 3.54. The summed E-state index contributed by atoms with van der Waals surface area (Å²) in [5.41, 5.74) is 0. The van der Waals surface area contributed by atoms with E-state index in [-0.39, 0.29) is 0 Å². The molecular weight excluding hydrogens is 216 g/mol. The zero-order valence-corrected chi connectivity index (χ0v) is 10.3. The highest BCUT2D eigenvalue weighted by molar-refractivity contribution is 7.85. The summed E-state index contributed by atoms with van der Waals surface area (Å²) in [6, 6.07) is 9.79. The highest BCUT2D eigenvalue weighted by atomic mass is 32.2. The summed E-state index contributed by atoms with van der Waals surface area (Å²) in [5.74, 6) is 1.56. The van der Waals surface area contributed by atoms with E-state index in [1.165, 1.54) is 19.3 Å². The molecule has 0 aliphatic heterocycles. The van der Waals surface area contributed by atoms with Gasteiger partial charge in [-0.05, 0) is 43.7 Å². The summed E-state index contributed by atoms with van der Waals surface area (Å²) in [4.78, 5) is 0.967. The summed E-state index contributed by atoms with van der Waals surface area (Å²) in [6.07, 6.45) is 9.24. The maximum Gasteiger partial charge on any atom is 0.0529 e. The van der Waals surface area contributed by atoms with Crippen LogP contribution >= 0.6 is 0 Å². The summed E-state index contributed by atoms with van der Waals surface area (Å²) in [6.45, 7) is 0. The van der Waals surface area contributed by atoms with Gasteiger partial charge >= 0.3 is 0 Å². The van der Waals surface area contributed by atoms with E-state index >= 15 is 0 Å². The Morgan fingerprint density at radius 1 is 1.19 bits per heavy atom. The van der Waals surface area contributed by atoms with Gasteiger partial charge in [0.25, 0.3) is 0 Å². The Morgan fingerprint density at radius 3 is 2.69 bits per heavy atom. The fourth-order valence-electron chi connectivity index (χ4n) is 2.08. The van der Waals surface area contributed by atoms with Crippen LogP contribution in [0.3, 0.4) is 0 Å². The van der Waals surface area contributed by atoms with Crippen molar-refractivity contribution in [1.82, 2.24) is 0 Å². The van der Waals surface area contributed by atoms with Gasteiger partial charge in [-0.1, -0.05) is 30.4 Å². The van der Waals surface area contributed by atoms with Crippen molar-refractivity contribution in [3.8, 4) is 0 Å². The molecular formula is C14H18OS. The van der Waals surface area contributed by atoms with E-state index < -0.39 is 10.8 Å². The zero-order chi connectivity index (χ0) is 11.2. The molecule has 0 radical (unpaired) electrons. The van der Waals surface area contributed by atoms with Crippen molar-refractivity contribution in [3.63, 3.8) is 0 Å². The highest BCUT2D eigenvalue weighted by Crippen LogP contribution is 2.22. The fourth-order valence-corrected chi connectivity index (χ4v) is 3.33. The van der Waals surface area contributed by atoms with Gasteiger partial charge in [0.2, 0.25) is 0 Å². The second kappa shape index (κ2) is 6.00. The normalized spacial score (nSPS) is 21.9. The van der Waals surface area contributed by atoms with Gasteiger partial charge < -0.3 is 0 Å². The van der Waals surface area contributed by atoms with Gasteiger partial charge in [-0.15, -0.1) is 0 Å². The number of benzene rings is 1. The average molecular weight is 234 g/mol. The highest BCUT2D eigenvalue weighted by Gasteiger charge is 2.12. The monoisotopic (exact) mass is 234 g/mol. The van der Waals surface area contributed by atoms with Crippen LogP contribution in [-0.4, -0.2) is 9.96 Å². The Kier molecular flexibility index (Phi) is 4.34. The second-order valence-corrected chi connectivity index (χ2v) is 5.87. The third-order valence-electron chi connectivity index (χ3n) is 3.10. The first kappa shape index (κ1) is 11.6. The Morgan fingerprint density at radius 2 is 2.00 bits per heavy atom. The summed E-state index contributed by atoms with van der Waals surface area (Å²) < 4.78 is 12.0. The molecule has 2 atom stereocenters. The maximum atomic E-state index is 12.0. The minimum atomic E-state index is -0.809. The standard InChI is InChI=1S/C14H18OS/c15-16(14-9-5-2-6-10-14)12-11-13-7-3-1-4-8-13/h1-3,5-6,9-10,13H,4,7-8,11-12H2/t13-,16?/m1/s1. The quantitative estimate of drug-likeness (QED) is 0.728. The smallest absolute Gasteiger partial charge is 0.0529 e. The first-order valence-corrected chi connectivity index (χ1v) is 7.26. The van der Waals surface area contributed by atoms with Crippen molar-refractivity contribution >= 4 is 10.8 Å². The van der Waals surface area contributed by atoms with Gasteiger partial charge in [-0.3, -0.25) is 4.21 Å². The van der Waals surface area contributed by atoms with Crippen LogP contribution in [0.4, 0.5) is 0 Å². The fraction of sp³-hybridized carbons (Fsp3) is 0.429. The first-order chi connectivity index (χ1) is 7.86. The molecule has 1 aromatic rings. The largest absolute Gasteiger partial charge is 0.254 e. The average Bonchev–Trinajstić information content (AvgIpc) is 2.38. The topological polar surface area (TPSA) is 17.1 Å². The van der Waals surface area contributed by atoms with Crippen LogP contribution in [0.5, 0.6) is 0 Å². The number of allylic oxidation sites excluding steroid dienone is 2. The number of rotatable bonds is 4. The van der Waals surface area contributed by atoms with Crippen molar-refractivity contribution in [2.24, 2.45) is 5.92 Å². The van der Waals surface area contributed by atoms with Gasteiger partial charge in [-0.25, -0.2) is 0 Å². The van der Waals surface area contributed by atoms with E-state index in [0.717, 1.165) is 23.0 Å². The lowest BCUT2D eigenvalue weighted by molar-refractivity contribution is 0.467. The van der Waals surface area contributed by atoms with Crippen molar-refractivity contribution in [2.75, 3.05) is 5.75 Å². The van der Waals surface area contributed by atoms with Crippen LogP contribution < -0.4 is 0 Å². The minimum absolute atomic E-state index is 0.748. The van der Waals surface area contributed by atoms with Gasteiger partial charge in [0.1, 0.15) is 0 Å². The van der Waals surface area contributed by atoms with Crippen LogP contribution in [0.25, 0.3) is 0 Å². The Labute approximate surface area is 100 Å². The van der Waals surface area contributed by atoms with E-state index in [0.29, 0.717) is 0 Å². The molecule has 1 nitrogen and oxygen atoms in total. The van der Waals surface area contributed by atoms with E-state index in [2.05, 4.69) is 12.2 Å². The van der Waals surface area contributed by atoms with Crippen molar-refractivity contribution in [2.45, 2.75) is 30.6 Å². The Bertz CT molecular complexity index is 370. The molecule has 0 saturated heterocycles. The van der Waals surface area contributed by atoms with E-state index in [1.807, 2.05) is 30.3 Å². The maximum absolute atomic E-state index is 12.0. The van der Waals surface area contributed by atoms with E-state index in [4.69, 9.17) is 0 Å². The van der Waals surface area contributed by atoms with E-state index in [9.17, 15) is 4.21 Å². The molecule has 2 heteroatoms. The summed E-state index contributed by atoms with van der Waals surface area (Å²) in [7, 11) is -0.809. The molecule has 1 aliphatic rings. The molecule has 1 aliphatic carbocycles. The molecule has 1 unspecified atom stereocenters. The molecule has 0 bridgehead atoms. The van der Waals surface area contributed by atoms with Crippen molar-refractivity contribution in [1.29, 1.82) is 0 Å². The lowest BCUT2D eigenvalue weighted by atomic mass is 9.92. The van der Waals surface area contributed by atoms with Crippen LogP contribution in [0.2, 0.25) is 0 Å². The minimum Gasteiger partial charge on any atom is -0.254 e. The zero-order valence-electron chi connectivity index (χ0n) is 9.47. The van der Waals surface area contributed by atoms with Crippen molar-refractivity contribution in [3.05, 3.63) is 42.5 Å². The molecule has 0 spiro atoms. The Hall–Kier alpha value is -0.890. The molecule has 16 heavy (non-hydrogen) atoms. The molecule has 86 valence electrons. The lowest BCUT2D eigenvalue weighted by Crippen LogP contribution is -2.08. The van der Waals surface area contributed by atoms with Crippen LogP contribution in [0.15, 0.2) is 47.4 Å². The van der Waals surface area contributed by atoms with Gasteiger partial charge in [-0.2, -0.15) is 0 Å². The SMILES string of the molecule is O=S(CC[C@@H]1CC=CCC1)c1ccccc1. The van der Waals surface area contributed by atoms with Gasteiger partial charge in [0.05, 0.1) is 10.8 Å². The molecule has 2 rings (SSSR count). The molecule has 0 fully saturated rings. The molecule has 0 heterocycles. The number of hydrogen-bond acceptors (Lipinski definition) is 1. The first-order valence-electron chi connectivity index (χ1n) is 5.94. The van der Waals surface area contributed by atoms with Gasteiger partial charge in [0.15, 0.2) is 0 Å². The second-order valence-electron chi connectivity index (χ2n) is 4.30. The van der Waals surface area contributed by atoms with Gasteiger partial charge in [0, 0.05) is 10.6 Å². The van der Waals surface area contributed by atoms with Crippen LogP contribution in [0, 0.1) is 5.92 Å².